The molecule has 1 amide bonds. The Kier molecular flexibility index (Phi) is 7.26. The third-order valence-electron chi connectivity index (χ3n) is 5.28. The zero-order chi connectivity index (χ0) is 23.1. The Hall–Kier alpha value is -3.36. The summed E-state index contributed by atoms with van der Waals surface area (Å²) >= 11 is 0. The minimum absolute atomic E-state index is 0.169. The normalized spacial score (nSPS) is 14.1. The van der Waals surface area contributed by atoms with Gasteiger partial charge in [-0.05, 0) is 66.9 Å². The second-order valence-electron chi connectivity index (χ2n) is 7.72. The van der Waals surface area contributed by atoms with Gasteiger partial charge in [0, 0.05) is 18.8 Å². The van der Waals surface area contributed by atoms with Gasteiger partial charge in [-0.25, -0.2) is 8.42 Å². The van der Waals surface area contributed by atoms with E-state index in [0.29, 0.717) is 36.9 Å². The zero-order valence-electron chi connectivity index (χ0n) is 18.1. The Morgan fingerprint density at radius 1 is 0.818 bits per heavy atom. The van der Waals surface area contributed by atoms with E-state index in [4.69, 9.17) is 9.47 Å². The van der Waals surface area contributed by atoms with Crippen LogP contribution in [0.4, 0.5) is 5.69 Å². The number of rotatable bonds is 9. The van der Waals surface area contributed by atoms with Crippen LogP contribution >= 0.6 is 0 Å². The third kappa shape index (κ3) is 6.12. The highest BCUT2D eigenvalue weighted by molar-refractivity contribution is 7.89. The molecule has 0 spiro atoms. The van der Waals surface area contributed by atoms with E-state index in [9.17, 15) is 13.2 Å². The highest BCUT2D eigenvalue weighted by atomic mass is 32.2. The number of carbonyl (C=O) groups is 1. The molecule has 1 N–H and O–H groups in total. The van der Waals surface area contributed by atoms with Gasteiger partial charge in [-0.15, -0.1) is 0 Å². The molecule has 1 saturated heterocycles. The molecule has 0 radical (unpaired) electrons. The molecule has 1 aliphatic heterocycles. The average molecular weight is 467 g/mol. The second kappa shape index (κ2) is 10.5. The number of benzene rings is 3. The molecule has 3 aromatic rings. The first-order valence-electron chi connectivity index (χ1n) is 10.8. The van der Waals surface area contributed by atoms with Crippen LogP contribution in [-0.2, 0) is 21.4 Å². The molecule has 1 heterocycles. The molecule has 0 unspecified atom stereocenters. The molecule has 0 aromatic heterocycles. The summed E-state index contributed by atoms with van der Waals surface area (Å²) in [6, 6.07) is 23.1. The van der Waals surface area contributed by atoms with E-state index in [1.807, 2.05) is 30.3 Å². The lowest BCUT2D eigenvalue weighted by atomic mass is 10.2. The van der Waals surface area contributed by atoms with Crippen molar-refractivity contribution in [2.45, 2.75) is 24.3 Å². The van der Waals surface area contributed by atoms with Crippen LogP contribution in [0, 0.1) is 0 Å². The summed E-state index contributed by atoms with van der Waals surface area (Å²) in [6.45, 7) is 1.41. The van der Waals surface area contributed by atoms with Crippen LogP contribution in [0.15, 0.2) is 83.8 Å². The fourth-order valence-corrected chi connectivity index (χ4v) is 5.02. The predicted molar refractivity (Wildman–Crippen MR) is 126 cm³/mol. The standard InChI is InChI=1S/C25H26N2O5S/c28-25(26-21-8-14-24(15-9-21)33(29,30)27-16-4-5-17-27)19-32-23-12-10-22(11-13-23)31-18-20-6-2-1-3-7-20/h1-3,6-15H,4-5,16-19H2,(H,26,28). The van der Waals surface area contributed by atoms with Crippen LogP contribution in [0.5, 0.6) is 11.5 Å². The van der Waals surface area contributed by atoms with Gasteiger partial charge >= 0.3 is 0 Å². The number of anilines is 1. The number of nitrogens with zero attached hydrogens (tertiary/aromatic N) is 1. The van der Waals surface area contributed by atoms with E-state index >= 15 is 0 Å². The molecule has 0 atom stereocenters. The van der Waals surface area contributed by atoms with Crippen molar-refractivity contribution in [3.8, 4) is 11.5 Å². The molecule has 33 heavy (non-hydrogen) atoms. The molecular weight excluding hydrogens is 440 g/mol. The van der Waals surface area contributed by atoms with E-state index in [2.05, 4.69) is 5.32 Å². The summed E-state index contributed by atoms with van der Waals surface area (Å²) in [6.07, 6.45) is 1.77. The fraction of sp³-hybridized carbons (Fsp3) is 0.240. The molecule has 0 saturated carbocycles. The summed E-state index contributed by atoms with van der Waals surface area (Å²) in [5, 5.41) is 2.71. The summed E-state index contributed by atoms with van der Waals surface area (Å²) in [5.74, 6) is 0.915. The first kappa shape index (κ1) is 22.8. The average Bonchev–Trinajstić information content (AvgIpc) is 3.39. The lowest BCUT2D eigenvalue weighted by Gasteiger charge is -2.15. The van der Waals surface area contributed by atoms with Crippen molar-refractivity contribution < 1.29 is 22.7 Å². The summed E-state index contributed by atoms with van der Waals surface area (Å²) in [7, 11) is -3.47. The first-order valence-corrected chi connectivity index (χ1v) is 12.2. The lowest BCUT2D eigenvalue weighted by Crippen LogP contribution is -2.27. The lowest BCUT2D eigenvalue weighted by molar-refractivity contribution is -0.118. The number of nitrogens with one attached hydrogen (secondary N) is 1. The molecular formula is C25H26N2O5S. The maximum atomic E-state index is 12.6. The minimum Gasteiger partial charge on any atom is -0.489 e. The monoisotopic (exact) mass is 466 g/mol. The van der Waals surface area contributed by atoms with Gasteiger partial charge in [-0.3, -0.25) is 4.79 Å². The predicted octanol–water partition coefficient (Wildman–Crippen LogP) is 4.07. The van der Waals surface area contributed by atoms with E-state index in [-0.39, 0.29) is 17.4 Å². The molecule has 172 valence electrons. The van der Waals surface area contributed by atoms with E-state index in [0.717, 1.165) is 18.4 Å². The largest absolute Gasteiger partial charge is 0.489 e. The number of hydrogen-bond donors (Lipinski definition) is 1. The van der Waals surface area contributed by atoms with Crippen LogP contribution in [0.1, 0.15) is 18.4 Å². The Morgan fingerprint density at radius 3 is 2.06 bits per heavy atom. The van der Waals surface area contributed by atoms with Crippen molar-refractivity contribution in [3.63, 3.8) is 0 Å². The minimum atomic E-state index is -3.47. The molecule has 3 aromatic carbocycles. The SMILES string of the molecule is O=C(COc1ccc(OCc2ccccc2)cc1)Nc1ccc(S(=O)(=O)N2CCCC2)cc1. The second-order valence-corrected chi connectivity index (χ2v) is 9.66. The van der Waals surface area contributed by atoms with Gasteiger partial charge in [-0.2, -0.15) is 4.31 Å². The first-order chi connectivity index (χ1) is 16.0. The van der Waals surface area contributed by atoms with Gasteiger partial charge in [0.05, 0.1) is 4.90 Å². The molecule has 8 heteroatoms. The van der Waals surface area contributed by atoms with Crippen LogP contribution in [-0.4, -0.2) is 38.3 Å². The van der Waals surface area contributed by atoms with E-state index in [1.54, 1.807) is 36.4 Å². The molecule has 0 bridgehead atoms. The van der Waals surface area contributed by atoms with Gasteiger partial charge in [-0.1, -0.05) is 30.3 Å². The third-order valence-corrected chi connectivity index (χ3v) is 7.20. The number of amides is 1. The summed E-state index contributed by atoms with van der Waals surface area (Å²) in [4.78, 5) is 12.4. The smallest absolute Gasteiger partial charge is 0.262 e. The highest BCUT2D eigenvalue weighted by Gasteiger charge is 2.26. The molecule has 1 fully saturated rings. The van der Waals surface area contributed by atoms with Crippen molar-refractivity contribution in [2.24, 2.45) is 0 Å². The Morgan fingerprint density at radius 2 is 1.42 bits per heavy atom. The quantitative estimate of drug-likeness (QED) is 0.514. The maximum Gasteiger partial charge on any atom is 0.262 e. The van der Waals surface area contributed by atoms with E-state index < -0.39 is 10.0 Å². The Bertz CT molecular complexity index is 1160. The van der Waals surface area contributed by atoms with Gasteiger partial charge in [0.1, 0.15) is 18.1 Å². The maximum absolute atomic E-state index is 12.6. The van der Waals surface area contributed by atoms with Crippen molar-refractivity contribution in [1.82, 2.24) is 4.31 Å². The summed E-state index contributed by atoms with van der Waals surface area (Å²) in [5.41, 5.74) is 1.59. The van der Waals surface area contributed by atoms with Crippen molar-refractivity contribution >= 4 is 21.6 Å². The Labute approximate surface area is 194 Å². The molecule has 1 aliphatic rings. The van der Waals surface area contributed by atoms with Crippen LogP contribution < -0.4 is 14.8 Å². The fourth-order valence-electron chi connectivity index (χ4n) is 3.51. The van der Waals surface area contributed by atoms with Crippen LogP contribution in [0.2, 0.25) is 0 Å². The van der Waals surface area contributed by atoms with Crippen molar-refractivity contribution in [1.29, 1.82) is 0 Å². The van der Waals surface area contributed by atoms with Gasteiger partial charge in [0.2, 0.25) is 10.0 Å². The number of sulfonamides is 1. The molecule has 0 aliphatic carbocycles. The molecule has 4 rings (SSSR count). The summed E-state index contributed by atoms with van der Waals surface area (Å²) < 4.78 is 37.9. The van der Waals surface area contributed by atoms with Gasteiger partial charge in [0.25, 0.3) is 5.91 Å². The van der Waals surface area contributed by atoms with Gasteiger partial charge in [0.15, 0.2) is 6.61 Å². The van der Waals surface area contributed by atoms with Crippen LogP contribution in [0.25, 0.3) is 0 Å². The van der Waals surface area contributed by atoms with Crippen LogP contribution in [0.3, 0.4) is 0 Å². The number of carbonyl (C=O) groups excluding carboxylic acids is 1. The van der Waals surface area contributed by atoms with Crippen molar-refractivity contribution in [2.75, 3.05) is 25.0 Å². The zero-order valence-corrected chi connectivity index (χ0v) is 19.0. The van der Waals surface area contributed by atoms with Crippen molar-refractivity contribution in [3.05, 3.63) is 84.4 Å². The number of hydrogen-bond acceptors (Lipinski definition) is 5. The number of ether oxygens (including phenoxy) is 2. The molecule has 7 nitrogen and oxygen atoms in total. The topological polar surface area (TPSA) is 84.9 Å². The van der Waals surface area contributed by atoms with Gasteiger partial charge < -0.3 is 14.8 Å². The van der Waals surface area contributed by atoms with E-state index in [1.165, 1.54) is 16.4 Å². The Balaban J connectivity index is 1.24. The highest BCUT2D eigenvalue weighted by Crippen LogP contribution is 2.22.